The summed E-state index contributed by atoms with van der Waals surface area (Å²) >= 11 is 0. The van der Waals surface area contributed by atoms with Gasteiger partial charge in [-0.3, -0.25) is 9.78 Å². The molecule has 2 fully saturated rings. The van der Waals surface area contributed by atoms with Gasteiger partial charge in [-0.05, 0) is 31.4 Å². The summed E-state index contributed by atoms with van der Waals surface area (Å²) in [7, 11) is 0. The average molecular weight is 372 g/mol. The number of carbonyl (C=O) groups excluding carboxylic acids is 1. The van der Waals surface area contributed by atoms with Crippen molar-refractivity contribution < 1.29 is 23.0 Å². The Hall–Kier alpha value is -2.75. The molecule has 2 unspecified atom stereocenters. The van der Waals surface area contributed by atoms with E-state index in [9.17, 15) is 18.8 Å². The van der Waals surface area contributed by atoms with Crippen LogP contribution in [-0.2, 0) is 9.53 Å². The number of rotatable bonds is 5. The molecule has 1 aromatic heterocycles. The number of nitrogens with zero attached hydrogens (tertiary/aromatic N) is 2. The van der Waals surface area contributed by atoms with Gasteiger partial charge < -0.3 is 9.47 Å². The maximum Gasteiger partial charge on any atom is 0.309 e. The molecule has 2 aromatic rings. The number of halogens is 2. The molecule has 4 rings (SSSR count). The number of hydrogen-bond acceptors (Lipinski definition) is 5. The zero-order valence-electron chi connectivity index (χ0n) is 14.6. The van der Waals surface area contributed by atoms with E-state index < -0.39 is 23.2 Å². The highest BCUT2D eigenvalue weighted by molar-refractivity contribution is 5.87. The molecule has 2 saturated carbocycles. The average Bonchev–Trinajstić information content (AvgIpc) is 2.99. The van der Waals surface area contributed by atoms with E-state index in [2.05, 4.69) is 4.98 Å². The van der Waals surface area contributed by atoms with Gasteiger partial charge in [-0.2, -0.15) is 5.26 Å². The molecule has 5 nitrogen and oxygen atoms in total. The minimum Gasteiger partial charge on any atom is -0.488 e. The van der Waals surface area contributed by atoms with Gasteiger partial charge in [0.15, 0.2) is 0 Å². The molecule has 0 radical (unpaired) electrons. The molecule has 2 aliphatic rings. The normalized spacial score (nSPS) is 25.3. The first kappa shape index (κ1) is 17.7. The lowest BCUT2D eigenvalue weighted by molar-refractivity contribution is -0.149. The second kappa shape index (κ2) is 6.45. The molecule has 0 bridgehead atoms. The second-order valence-corrected chi connectivity index (χ2v) is 7.25. The Bertz CT molecular complexity index is 940. The van der Waals surface area contributed by atoms with Crippen LogP contribution < -0.4 is 4.74 Å². The van der Waals surface area contributed by atoms with Crippen molar-refractivity contribution in [2.45, 2.75) is 31.6 Å². The van der Waals surface area contributed by atoms with E-state index in [-0.39, 0.29) is 26.1 Å². The van der Waals surface area contributed by atoms with Crippen molar-refractivity contribution >= 4 is 16.9 Å². The first-order chi connectivity index (χ1) is 13.0. The first-order valence-electron chi connectivity index (χ1n) is 8.91. The summed E-state index contributed by atoms with van der Waals surface area (Å²) in [4.78, 5) is 16.3. The fraction of sp³-hybridized carbons (Fsp3) is 0.450. The fourth-order valence-electron chi connectivity index (χ4n) is 3.96. The third kappa shape index (κ3) is 3.09. The first-order valence-corrected chi connectivity index (χ1v) is 8.91. The number of pyridine rings is 1. The number of esters is 1. The standard InChI is InChI=1S/C20H18F2N2O3/c21-20(22)12-19(20)6-5-13(9-19)18(25)27-8-7-26-17-14(10-23)11-24-16-4-2-1-3-15(16)17/h1-4,11,13H,5-9,12H2. The van der Waals surface area contributed by atoms with Crippen LogP contribution >= 0.6 is 0 Å². The van der Waals surface area contributed by atoms with Gasteiger partial charge in [-0.25, -0.2) is 8.78 Å². The monoisotopic (exact) mass is 372 g/mol. The zero-order valence-corrected chi connectivity index (χ0v) is 14.6. The molecule has 2 aliphatic carbocycles. The largest absolute Gasteiger partial charge is 0.488 e. The van der Waals surface area contributed by atoms with Gasteiger partial charge in [0.2, 0.25) is 0 Å². The summed E-state index contributed by atoms with van der Waals surface area (Å²) in [5.74, 6) is -3.13. The molecule has 0 aliphatic heterocycles. The van der Waals surface area contributed by atoms with E-state index in [4.69, 9.17) is 9.47 Å². The Morgan fingerprint density at radius 2 is 2.11 bits per heavy atom. The van der Waals surface area contributed by atoms with Crippen LogP contribution in [0.1, 0.15) is 31.2 Å². The lowest BCUT2D eigenvalue weighted by Gasteiger charge is -2.13. The molecule has 27 heavy (non-hydrogen) atoms. The molecular weight excluding hydrogens is 354 g/mol. The summed E-state index contributed by atoms with van der Waals surface area (Å²) in [6.45, 7) is 0.0721. The predicted molar refractivity (Wildman–Crippen MR) is 92.3 cm³/mol. The SMILES string of the molecule is N#Cc1cnc2ccccc2c1OCCOC(=O)C1CCC2(C1)CC2(F)F. The molecule has 1 heterocycles. The Kier molecular flexibility index (Phi) is 4.22. The van der Waals surface area contributed by atoms with Crippen molar-refractivity contribution in [2.24, 2.45) is 11.3 Å². The van der Waals surface area contributed by atoms with Crippen molar-refractivity contribution in [3.05, 3.63) is 36.0 Å². The number of para-hydroxylation sites is 1. The number of nitriles is 1. The van der Waals surface area contributed by atoms with Crippen LogP contribution in [0, 0.1) is 22.7 Å². The smallest absolute Gasteiger partial charge is 0.309 e. The Balaban J connectivity index is 1.33. The maximum atomic E-state index is 13.4. The number of benzene rings is 1. The fourth-order valence-corrected chi connectivity index (χ4v) is 3.96. The van der Waals surface area contributed by atoms with Gasteiger partial charge in [0.1, 0.15) is 30.6 Å². The summed E-state index contributed by atoms with van der Waals surface area (Å²) < 4.78 is 37.7. The topological polar surface area (TPSA) is 72.2 Å². The summed E-state index contributed by atoms with van der Waals surface area (Å²) in [5, 5.41) is 9.95. The van der Waals surface area contributed by atoms with E-state index in [1.807, 2.05) is 24.3 Å². The van der Waals surface area contributed by atoms with Crippen LogP contribution in [-0.4, -0.2) is 30.1 Å². The summed E-state index contributed by atoms with van der Waals surface area (Å²) in [6.07, 6.45) is 2.36. The molecule has 1 aromatic carbocycles. The van der Waals surface area contributed by atoms with E-state index in [0.29, 0.717) is 35.1 Å². The Morgan fingerprint density at radius 1 is 1.33 bits per heavy atom. The van der Waals surface area contributed by atoms with Gasteiger partial charge >= 0.3 is 5.97 Å². The number of hydrogen-bond donors (Lipinski definition) is 0. The highest BCUT2D eigenvalue weighted by Gasteiger charge is 2.73. The highest BCUT2D eigenvalue weighted by Crippen LogP contribution is 2.69. The number of aromatic nitrogens is 1. The van der Waals surface area contributed by atoms with Crippen molar-refractivity contribution in [3.63, 3.8) is 0 Å². The summed E-state index contributed by atoms with van der Waals surface area (Å²) in [5.41, 5.74) is 0.0315. The van der Waals surface area contributed by atoms with Crippen LogP contribution in [0.3, 0.4) is 0 Å². The quantitative estimate of drug-likeness (QED) is 0.589. The lowest BCUT2D eigenvalue weighted by Crippen LogP contribution is -2.19. The number of fused-ring (bicyclic) bond motifs is 1. The Morgan fingerprint density at radius 3 is 2.81 bits per heavy atom. The van der Waals surface area contributed by atoms with Crippen LogP contribution in [0.15, 0.2) is 30.5 Å². The van der Waals surface area contributed by atoms with Gasteiger partial charge in [0.25, 0.3) is 5.92 Å². The number of ether oxygens (including phenoxy) is 2. The van der Waals surface area contributed by atoms with E-state index in [1.165, 1.54) is 6.20 Å². The van der Waals surface area contributed by atoms with Crippen LogP contribution in [0.5, 0.6) is 5.75 Å². The molecular formula is C20H18F2N2O3. The third-order valence-electron chi connectivity index (χ3n) is 5.57. The predicted octanol–water partition coefficient (Wildman–Crippen LogP) is 3.85. The molecule has 140 valence electrons. The third-order valence-corrected chi connectivity index (χ3v) is 5.57. The van der Waals surface area contributed by atoms with Crippen molar-refractivity contribution in [1.29, 1.82) is 5.26 Å². The van der Waals surface area contributed by atoms with Crippen molar-refractivity contribution in [2.75, 3.05) is 13.2 Å². The van der Waals surface area contributed by atoms with Crippen LogP contribution in [0.4, 0.5) is 8.78 Å². The van der Waals surface area contributed by atoms with E-state index in [0.717, 1.165) is 0 Å². The van der Waals surface area contributed by atoms with Crippen molar-refractivity contribution in [1.82, 2.24) is 4.98 Å². The van der Waals surface area contributed by atoms with Crippen LogP contribution in [0.25, 0.3) is 10.9 Å². The zero-order chi connectivity index (χ0) is 19.1. The minimum absolute atomic E-state index is 0.000243. The molecule has 1 spiro atoms. The van der Waals surface area contributed by atoms with Gasteiger partial charge in [0, 0.05) is 23.4 Å². The van der Waals surface area contributed by atoms with Crippen molar-refractivity contribution in [3.8, 4) is 11.8 Å². The molecule has 2 atom stereocenters. The van der Waals surface area contributed by atoms with E-state index in [1.54, 1.807) is 6.07 Å². The molecule has 0 amide bonds. The molecule has 0 saturated heterocycles. The van der Waals surface area contributed by atoms with Gasteiger partial charge in [-0.15, -0.1) is 0 Å². The highest BCUT2D eigenvalue weighted by atomic mass is 19.3. The maximum absolute atomic E-state index is 13.4. The molecule has 0 N–H and O–H groups in total. The van der Waals surface area contributed by atoms with Gasteiger partial charge in [0.05, 0.1) is 11.4 Å². The number of carbonyl (C=O) groups is 1. The Labute approximate surface area is 154 Å². The van der Waals surface area contributed by atoms with Gasteiger partial charge in [-0.1, -0.05) is 12.1 Å². The summed E-state index contributed by atoms with van der Waals surface area (Å²) in [6, 6.07) is 9.31. The second-order valence-electron chi connectivity index (χ2n) is 7.25. The number of alkyl halides is 2. The van der Waals surface area contributed by atoms with E-state index >= 15 is 0 Å². The minimum atomic E-state index is -2.62. The molecule has 7 heteroatoms. The van der Waals surface area contributed by atoms with Crippen LogP contribution in [0.2, 0.25) is 0 Å². The lowest BCUT2D eigenvalue weighted by atomic mass is 10.0.